The maximum Gasteiger partial charge on any atom is 0.137 e. The van der Waals surface area contributed by atoms with E-state index in [-0.39, 0.29) is 5.82 Å². The molecular formula is C13H13BrFNO. The van der Waals surface area contributed by atoms with Crippen LogP contribution in [0.25, 0.3) is 0 Å². The van der Waals surface area contributed by atoms with Crippen molar-refractivity contribution in [3.8, 4) is 0 Å². The van der Waals surface area contributed by atoms with Crippen molar-refractivity contribution >= 4 is 21.6 Å². The van der Waals surface area contributed by atoms with Crippen LogP contribution in [0.15, 0.2) is 39.2 Å². The fourth-order valence-corrected chi connectivity index (χ4v) is 1.88. The van der Waals surface area contributed by atoms with Crippen molar-refractivity contribution in [2.45, 2.75) is 19.9 Å². The van der Waals surface area contributed by atoms with Gasteiger partial charge >= 0.3 is 0 Å². The zero-order valence-electron chi connectivity index (χ0n) is 9.47. The Bertz CT molecular complexity index is 510. The van der Waals surface area contributed by atoms with E-state index in [9.17, 15) is 4.39 Å². The van der Waals surface area contributed by atoms with Crippen molar-refractivity contribution in [3.63, 3.8) is 0 Å². The van der Waals surface area contributed by atoms with Gasteiger partial charge in [0, 0.05) is 12.1 Å². The molecule has 0 aliphatic heterocycles. The van der Waals surface area contributed by atoms with Gasteiger partial charge in [-0.1, -0.05) is 6.92 Å². The van der Waals surface area contributed by atoms with E-state index in [4.69, 9.17) is 4.42 Å². The first kappa shape index (κ1) is 12.2. The zero-order valence-corrected chi connectivity index (χ0v) is 11.1. The minimum atomic E-state index is -0.262. The average Bonchev–Trinajstić information content (AvgIpc) is 2.79. The number of hydrogen-bond acceptors (Lipinski definition) is 2. The average molecular weight is 298 g/mol. The Balaban J connectivity index is 1.99. The molecule has 0 saturated heterocycles. The quantitative estimate of drug-likeness (QED) is 0.907. The molecule has 2 aromatic rings. The molecule has 0 aliphatic carbocycles. The monoisotopic (exact) mass is 297 g/mol. The predicted molar refractivity (Wildman–Crippen MR) is 69.5 cm³/mol. The molecule has 0 spiro atoms. The van der Waals surface area contributed by atoms with E-state index < -0.39 is 0 Å². The zero-order chi connectivity index (χ0) is 12.3. The molecule has 0 unspecified atom stereocenters. The molecule has 17 heavy (non-hydrogen) atoms. The summed E-state index contributed by atoms with van der Waals surface area (Å²) in [5, 5.41) is 3.18. The van der Waals surface area contributed by atoms with Gasteiger partial charge < -0.3 is 9.73 Å². The molecule has 0 atom stereocenters. The minimum Gasteiger partial charge on any atom is -0.464 e. The molecule has 0 amide bonds. The summed E-state index contributed by atoms with van der Waals surface area (Å²) in [6.45, 7) is 2.64. The summed E-state index contributed by atoms with van der Waals surface area (Å²) in [6, 6.07) is 8.75. The van der Waals surface area contributed by atoms with Gasteiger partial charge in [0.25, 0.3) is 0 Å². The summed E-state index contributed by atoms with van der Waals surface area (Å²) in [4.78, 5) is 0. The third-order valence-corrected chi connectivity index (χ3v) is 3.06. The van der Waals surface area contributed by atoms with Crippen LogP contribution in [0.3, 0.4) is 0 Å². The van der Waals surface area contributed by atoms with E-state index in [0.717, 1.165) is 23.6 Å². The Hall–Kier alpha value is -1.29. The highest BCUT2D eigenvalue weighted by molar-refractivity contribution is 9.10. The third-order valence-electron chi connectivity index (χ3n) is 2.45. The minimum absolute atomic E-state index is 0.262. The summed E-state index contributed by atoms with van der Waals surface area (Å²) in [5.41, 5.74) is 0.854. The van der Waals surface area contributed by atoms with Crippen molar-refractivity contribution in [2.75, 3.05) is 5.32 Å². The summed E-state index contributed by atoms with van der Waals surface area (Å²) in [6.07, 6.45) is 0.891. The molecule has 2 nitrogen and oxygen atoms in total. The van der Waals surface area contributed by atoms with Crippen LogP contribution in [0.4, 0.5) is 10.1 Å². The van der Waals surface area contributed by atoms with E-state index in [0.29, 0.717) is 11.0 Å². The van der Waals surface area contributed by atoms with Crippen molar-refractivity contribution < 1.29 is 8.81 Å². The number of aryl methyl sites for hydroxylation is 1. The van der Waals surface area contributed by atoms with Crippen LogP contribution >= 0.6 is 15.9 Å². The van der Waals surface area contributed by atoms with Crippen molar-refractivity contribution in [2.24, 2.45) is 0 Å². The molecule has 4 heteroatoms. The highest BCUT2D eigenvalue weighted by atomic mass is 79.9. The molecule has 2 rings (SSSR count). The summed E-state index contributed by atoms with van der Waals surface area (Å²) in [7, 11) is 0. The van der Waals surface area contributed by atoms with E-state index in [1.54, 1.807) is 12.1 Å². The van der Waals surface area contributed by atoms with E-state index in [2.05, 4.69) is 21.2 Å². The first-order chi connectivity index (χ1) is 8.19. The van der Waals surface area contributed by atoms with Crippen molar-refractivity contribution in [1.29, 1.82) is 0 Å². The van der Waals surface area contributed by atoms with Crippen molar-refractivity contribution in [1.82, 2.24) is 0 Å². The molecule has 1 aromatic carbocycles. The Kier molecular flexibility index (Phi) is 3.84. The maximum absolute atomic E-state index is 13.0. The fourth-order valence-electron chi connectivity index (χ4n) is 1.50. The SMILES string of the molecule is CCc1ccc(CNc2ccc(F)c(Br)c2)o1. The molecule has 0 fully saturated rings. The van der Waals surface area contributed by atoms with Gasteiger partial charge in [-0.3, -0.25) is 0 Å². The molecule has 90 valence electrons. The maximum atomic E-state index is 13.0. The van der Waals surface area contributed by atoms with Gasteiger partial charge in [0.1, 0.15) is 17.3 Å². The summed E-state index contributed by atoms with van der Waals surface area (Å²) < 4.78 is 19.0. The van der Waals surface area contributed by atoms with Gasteiger partial charge in [-0.15, -0.1) is 0 Å². The number of anilines is 1. The number of hydrogen-bond donors (Lipinski definition) is 1. The number of halogens is 2. The van der Waals surface area contributed by atoms with Crippen LogP contribution < -0.4 is 5.32 Å². The highest BCUT2D eigenvalue weighted by Gasteiger charge is 2.02. The Morgan fingerprint density at radius 1 is 1.24 bits per heavy atom. The van der Waals surface area contributed by atoms with Gasteiger partial charge in [-0.05, 0) is 46.3 Å². The van der Waals surface area contributed by atoms with Crippen LogP contribution in [0.1, 0.15) is 18.4 Å². The molecular weight excluding hydrogens is 285 g/mol. The molecule has 0 saturated carbocycles. The van der Waals surface area contributed by atoms with E-state index in [1.165, 1.54) is 6.07 Å². The van der Waals surface area contributed by atoms with E-state index >= 15 is 0 Å². The lowest BCUT2D eigenvalue weighted by atomic mass is 10.3. The molecule has 1 heterocycles. The van der Waals surface area contributed by atoms with E-state index in [1.807, 2.05) is 19.1 Å². The van der Waals surface area contributed by atoms with Crippen LogP contribution in [0, 0.1) is 5.82 Å². The second-order valence-corrected chi connectivity index (χ2v) is 4.56. The van der Waals surface area contributed by atoms with Crippen LogP contribution in [-0.2, 0) is 13.0 Å². The van der Waals surface area contributed by atoms with Gasteiger partial charge in [0.05, 0.1) is 11.0 Å². The number of rotatable bonds is 4. The molecule has 0 bridgehead atoms. The molecule has 0 aliphatic rings. The molecule has 1 N–H and O–H groups in total. The molecule has 1 aromatic heterocycles. The van der Waals surface area contributed by atoms with Gasteiger partial charge in [-0.25, -0.2) is 4.39 Å². The third kappa shape index (κ3) is 3.09. The lowest BCUT2D eigenvalue weighted by Crippen LogP contribution is -1.98. The number of furan rings is 1. The van der Waals surface area contributed by atoms with Crippen LogP contribution in [-0.4, -0.2) is 0 Å². The first-order valence-electron chi connectivity index (χ1n) is 5.45. The highest BCUT2D eigenvalue weighted by Crippen LogP contribution is 2.20. The summed E-state index contributed by atoms with van der Waals surface area (Å²) >= 11 is 3.15. The Morgan fingerprint density at radius 2 is 2.00 bits per heavy atom. The van der Waals surface area contributed by atoms with Gasteiger partial charge in [0.15, 0.2) is 0 Å². The van der Waals surface area contributed by atoms with Gasteiger partial charge in [0.2, 0.25) is 0 Å². The number of nitrogens with one attached hydrogen (secondary N) is 1. The Morgan fingerprint density at radius 3 is 2.65 bits per heavy atom. The largest absolute Gasteiger partial charge is 0.464 e. The second-order valence-electron chi connectivity index (χ2n) is 3.70. The predicted octanol–water partition coefficient (Wildman–Crippen LogP) is 4.36. The molecule has 0 radical (unpaired) electrons. The number of benzene rings is 1. The normalized spacial score (nSPS) is 10.5. The Labute approximate surface area is 108 Å². The lowest BCUT2D eigenvalue weighted by molar-refractivity contribution is 0.476. The first-order valence-corrected chi connectivity index (χ1v) is 6.25. The standard InChI is InChI=1S/C13H13BrFNO/c1-2-10-4-5-11(17-10)8-16-9-3-6-13(15)12(14)7-9/h3-7,16H,2,8H2,1H3. The fraction of sp³-hybridized carbons (Fsp3) is 0.231. The van der Waals surface area contributed by atoms with Crippen LogP contribution in [0.5, 0.6) is 0 Å². The summed E-state index contributed by atoms with van der Waals surface area (Å²) in [5.74, 6) is 1.59. The lowest BCUT2D eigenvalue weighted by Gasteiger charge is -2.05. The van der Waals surface area contributed by atoms with Crippen molar-refractivity contribution in [3.05, 3.63) is 52.1 Å². The smallest absolute Gasteiger partial charge is 0.137 e. The topological polar surface area (TPSA) is 25.2 Å². The van der Waals surface area contributed by atoms with Crippen LogP contribution in [0.2, 0.25) is 0 Å². The second kappa shape index (κ2) is 5.36. The van der Waals surface area contributed by atoms with Gasteiger partial charge in [-0.2, -0.15) is 0 Å².